The first-order chi connectivity index (χ1) is 7.19. The highest BCUT2D eigenvalue weighted by Crippen LogP contribution is 2.23. The largest absolute Gasteiger partial charge is 0.368 e. The highest BCUT2D eigenvalue weighted by atomic mass is 79.9. The summed E-state index contributed by atoms with van der Waals surface area (Å²) in [5, 5.41) is 8.54. The zero-order valence-corrected chi connectivity index (χ0v) is 10.0. The van der Waals surface area contributed by atoms with Crippen molar-refractivity contribution in [3.05, 3.63) is 10.7 Å². The van der Waals surface area contributed by atoms with Gasteiger partial charge in [-0.05, 0) is 22.9 Å². The van der Waals surface area contributed by atoms with E-state index in [9.17, 15) is 0 Å². The number of nitrogen functional groups attached to an aromatic ring is 1. The Hall–Kier alpha value is -1.35. The predicted octanol–water partition coefficient (Wildman–Crippen LogP) is 1.56. The number of aromatic nitrogens is 2. The second kappa shape index (κ2) is 5.51. The van der Waals surface area contributed by atoms with Crippen LogP contribution in [0.15, 0.2) is 10.7 Å². The van der Waals surface area contributed by atoms with Crippen LogP contribution in [0.25, 0.3) is 0 Å². The van der Waals surface area contributed by atoms with E-state index in [2.05, 4.69) is 32.0 Å². The monoisotopic (exact) mass is 269 g/mol. The smallest absolute Gasteiger partial charge is 0.222 e. The molecular weight excluding hydrogens is 258 g/mol. The van der Waals surface area contributed by atoms with Gasteiger partial charge in [0.1, 0.15) is 5.82 Å². The maximum absolute atomic E-state index is 8.54. The Kier molecular flexibility index (Phi) is 4.31. The van der Waals surface area contributed by atoms with Crippen molar-refractivity contribution >= 4 is 27.7 Å². The summed E-state index contributed by atoms with van der Waals surface area (Å²) >= 11 is 3.36. The molecule has 0 bridgehead atoms. The van der Waals surface area contributed by atoms with E-state index >= 15 is 0 Å². The summed E-state index contributed by atoms with van der Waals surface area (Å²) in [6, 6.07) is 2.10. The molecule has 0 atom stereocenters. The molecule has 1 heterocycles. The van der Waals surface area contributed by atoms with Gasteiger partial charge in [0.25, 0.3) is 0 Å². The second-order valence-electron chi connectivity index (χ2n) is 2.89. The third kappa shape index (κ3) is 3.06. The summed E-state index contributed by atoms with van der Waals surface area (Å²) in [4.78, 5) is 9.98. The van der Waals surface area contributed by atoms with E-state index in [0.29, 0.717) is 13.0 Å². The van der Waals surface area contributed by atoms with Crippen LogP contribution in [0.1, 0.15) is 13.3 Å². The average molecular weight is 270 g/mol. The fourth-order valence-corrected chi connectivity index (χ4v) is 1.63. The molecule has 0 aliphatic carbocycles. The van der Waals surface area contributed by atoms with Gasteiger partial charge >= 0.3 is 0 Å². The Morgan fingerprint density at radius 2 is 2.40 bits per heavy atom. The van der Waals surface area contributed by atoms with Crippen molar-refractivity contribution in [1.82, 2.24) is 9.97 Å². The van der Waals surface area contributed by atoms with Crippen LogP contribution in [0.3, 0.4) is 0 Å². The van der Waals surface area contributed by atoms with Crippen molar-refractivity contribution in [2.45, 2.75) is 13.3 Å². The zero-order valence-electron chi connectivity index (χ0n) is 8.44. The minimum atomic E-state index is 0.239. The first kappa shape index (κ1) is 11.7. The molecule has 5 nitrogen and oxygen atoms in total. The van der Waals surface area contributed by atoms with Gasteiger partial charge in [-0.2, -0.15) is 10.2 Å². The molecule has 0 fully saturated rings. The van der Waals surface area contributed by atoms with E-state index in [4.69, 9.17) is 11.0 Å². The van der Waals surface area contributed by atoms with Crippen LogP contribution in [0.5, 0.6) is 0 Å². The van der Waals surface area contributed by atoms with Crippen LogP contribution in [0.4, 0.5) is 11.8 Å². The van der Waals surface area contributed by atoms with E-state index in [1.54, 1.807) is 6.20 Å². The summed E-state index contributed by atoms with van der Waals surface area (Å²) in [6.45, 7) is 3.42. The van der Waals surface area contributed by atoms with Gasteiger partial charge in [-0.15, -0.1) is 0 Å². The van der Waals surface area contributed by atoms with Crippen LogP contribution in [-0.2, 0) is 0 Å². The number of hydrogen-bond donors (Lipinski definition) is 1. The van der Waals surface area contributed by atoms with Crippen molar-refractivity contribution in [2.75, 3.05) is 23.7 Å². The van der Waals surface area contributed by atoms with Gasteiger partial charge < -0.3 is 10.6 Å². The molecule has 0 aromatic carbocycles. The van der Waals surface area contributed by atoms with Crippen molar-refractivity contribution in [1.29, 1.82) is 5.26 Å². The Labute approximate surface area is 97.1 Å². The highest BCUT2D eigenvalue weighted by molar-refractivity contribution is 9.10. The van der Waals surface area contributed by atoms with Crippen molar-refractivity contribution in [3.8, 4) is 6.07 Å². The third-order valence-electron chi connectivity index (χ3n) is 1.92. The highest BCUT2D eigenvalue weighted by Gasteiger charge is 2.10. The van der Waals surface area contributed by atoms with Gasteiger partial charge in [0.05, 0.1) is 17.0 Å². The number of nitrogens with two attached hydrogens (primary N) is 1. The molecule has 0 saturated carbocycles. The number of nitrogens with zero attached hydrogens (tertiary/aromatic N) is 4. The fraction of sp³-hybridized carbons (Fsp3) is 0.444. The molecule has 0 aliphatic heterocycles. The minimum Gasteiger partial charge on any atom is -0.368 e. The van der Waals surface area contributed by atoms with Crippen molar-refractivity contribution in [2.24, 2.45) is 0 Å². The molecule has 0 aliphatic rings. The molecular formula is C9H12BrN5. The lowest BCUT2D eigenvalue weighted by Crippen LogP contribution is -2.25. The first-order valence-corrected chi connectivity index (χ1v) is 5.38. The number of anilines is 2. The summed E-state index contributed by atoms with van der Waals surface area (Å²) < 4.78 is 0.788. The lowest BCUT2D eigenvalue weighted by Gasteiger charge is -2.21. The predicted molar refractivity (Wildman–Crippen MR) is 62.3 cm³/mol. The standard InChI is InChI=1S/C9H12BrN5/c1-2-15(5-3-4-11)8-7(10)6-13-9(12)14-8/h6H,2-3,5H2,1H3,(H2,12,13,14). The van der Waals surface area contributed by atoms with E-state index < -0.39 is 0 Å². The normalized spacial score (nSPS) is 9.67. The van der Waals surface area contributed by atoms with E-state index in [-0.39, 0.29) is 5.95 Å². The van der Waals surface area contributed by atoms with Crippen molar-refractivity contribution < 1.29 is 0 Å². The third-order valence-corrected chi connectivity index (χ3v) is 2.48. The lowest BCUT2D eigenvalue weighted by atomic mass is 10.4. The van der Waals surface area contributed by atoms with Crippen LogP contribution in [0, 0.1) is 11.3 Å². The number of nitriles is 1. The number of hydrogen-bond acceptors (Lipinski definition) is 5. The van der Waals surface area contributed by atoms with Gasteiger partial charge in [0.15, 0.2) is 0 Å². The number of halogens is 1. The lowest BCUT2D eigenvalue weighted by molar-refractivity contribution is 0.806. The average Bonchev–Trinajstić information content (AvgIpc) is 2.24. The quantitative estimate of drug-likeness (QED) is 0.898. The molecule has 6 heteroatoms. The minimum absolute atomic E-state index is 0.239. The molecule has 1 rings (SSSR count). The van der Waals surface area contributed by atoms with Gasteiger partial charge in [-0.1, -0.05) is 0 Å². The SMILES string of the molecule is CCN(CCC#N)c1nc(N)ncc1Br. The van der Waals surface area contributed by atoms with Crippen LogP contribution in [0.2, 0.25) is 0 Å². The summed E-state index contributed by atoms with van der Waals surface area (Å²) in [5.41, 5.74) is 5.51. The van der Waals surface area contributed by atoms with Crippen LogP contribution >= 0.6 is 15.9 Å². The molecule has 0 spiro atoms. The Morgan fingerprint density at radius 3 is 3.00 bits per heavy atom. The summed E-state index contributed by atoms with van der Waals surface area (Å²) in [5.74, 6) is 0.976. The Balaban J connectivity index is 2.91. The van der Waals surface area contributed by atoms with Gasteiger partial charge in [-0.3, -0.25) is 0 Å². The van der Waals surface area contributed by atoms with Gasteiger partial charge in [-0.25, -0.2) is 4.98 Å². The van der Waals surface area contributed by atoms with Crippen LogP contribution in [-0.4, -0.2) is 23.1 Å². The molecule has 1 aromatic heterocycles. The molecule has 80 valence electrons. The summed E-state index contributed by atoms with van der Waals surface area (Å²) in [7, 11) is 0. The maximum atomic E-state index is 8.54. The molecule has 0 unspecified atom stereocenters. The maximum Gasteiger partial charge on any atom is 0.222 e. The Bertz CT molecular complexity index is 373. The molecule has 0 saturated heterocycles. The topological polar surface area (TPSA) is 78.8 Å². The number of rotatable bonds is 4. The first-order valence-electron chi connectivity index (χ1n) is 4.59. The molecule has 0 amide bonds. The molecule has 2 N–H and O–H groups in total. The van der Waals surface area contributed by atoms with E-state index in [1.165, 1.54) is 0 Å². The van der Waals surface area contributed by atoms with Crippen molar-refractivity contribution in [3.63, 3.8) is 0 Å². The Morgan fingerprint density at radius 1 is 1.67 bits per heavy atom. The second-order valence-corrected chi connectivity index (χ2v) is 3.74. The zero-order chi connectivity index (χ0) is 11.3. The van der Waals surface area contributed by atoms with Crippen LogP contribution < -0.4 is 10.6 Å². The summed E-state index contributed by atoms with van der Waals surface area (Å²) in [6.07, 6.45) is 2.08. The van der Waals surface area contributed by atoms with E-state index in [0.717, 1.165) is 16.8 Å². The van der Waals surface area contributed by atoms with Gasteiger partial charge in [0.2, 0.25) is 5.95 Å². The van der Waals surface area contributed by atoms with Gasteiger partial charge in [0, 0.05) is 19.3 Å². The molecule has 0 radical (unpaired) electrons. The molecule has 15 heavy (non-hydrogen) atoms. The van der Waals surface area contributed by atoms with E-state index in [1.807, 2.05) is 11.8 Å². The molecule has 1 aromatic rings. The fourth-order valence-electron chi connectivity index (χ4n) is 1.19.